The number of carbonyl (C=O) groups is 1. The number of pyridine rings is 1. The normalized spacial score (nSPS) is 10.6. The van der Waals surface area contributed by atoms with Crippen molar-refractivity contribution in [2.75, 3.05) is 0 Å². The fourth-order valence-electron chi connectivity index (χ4n) is 1.06. The molecule has 0 saturated carbocycles. The first-order chi connectivity index (χ1) is 6.66. The Hall–Kier alpha value is -1.84. The Bertz CT molecular complexity index is 418. The van der Waals surface area contributed by atoms with Gasteiger partial charge in [-0.25, -0.2) is 4.79 Å². The molecule has 0 unspecified atom stereocenters. The van der Waals surface area contributed by atoms with Crippen LogP contribution in [0.2, 0.25) is 0 Å². The Kier molecular flexibility index (Phi) is 3.23. The molecule has 4 nitrogen and oxygen atoms in total. The van der Waals surface area contributed by atoms with Gasteiger partial charge in [0.1, 0.15) is 5.56 Å². The van der Waals surface area contributed by atoms with Gasteiger partial charge < -0.3 is 9.67 Å². The third-order valence-corrected chi connectivity index (χ3v) is 1.79. The molecule has 74 valence electrons. The van der Waals surface area contributed by atoms with Crippen LogP contribution in [0, 0.1) is 0 Å². The summed E-state index contributed by atoms with van der Waals surface area (Å²) in [6, 6.07) is 2.85. The molecule has 0 atom stereocenters. The van der Waals surface area contributed by atoms with E-state index in [1.165, 1.54) is 10.6 Å². The van der Waals surface area contributed by atoms with Gasteiger partial charge in [-0.3, -0.25) is 4.79 Å². The minimum absolute atomic E-state index is 0.197. The first kappa shape index (κ1) is 10.2. The maximum atomic E-state index is 11.5. The van der Waals surface area contributed by atoms with E-state index in [1.54, 1.807) is 24.4 Å². The zero-order valence-corrected chi connectivity index (χ0v) is 7.80. The van der Waals surface area contributed by atoms with E-state index in [1.807, 2.05) is 6.92 Å². The van der Waals surface area contributed by atoms with Gasteiger partial charge in [0.2, 0.25) is 0 Å². The molecule has 4 heteroatoms. The molecule has 1 N–H and O–H groups in total. The van der Waals surface area contributed by atoms with E-state index in [2.05, 4.69) is 0 Å². The molecular formula is C10H11NO3. The predicted molar refractivity (Wildman–Crippen MR) is 52.5 cm³/mol. The van der Waals surface area contributed by atoms with Crippen molar-refractivity contribution in [3.05, 3.63) is 46.4 Å². The Labute approximate surface area is 81.1 Å². The van der Waals surface area contributed by atoms with Gasteiger partial charge in [-0.1, -0.05) is 12.2 Å². The molecule has 0 amide bonds. The standard InChI is InChI=1S/C10H11NO3/c1-2-3-6-11-7-4-5-8(9(11)12)10(13)14/h2-5,7H,6H2,1H3,(H,13,14). The van der Waals surface area contributed by atoms with Crippen LogP contribution in [-0.4, -0.2) is 15.6 Å². The molecule has 0 fully saturated rings. The molecule has 0 aliphatic rings. The molecule has 1 aromatic heterocycles. The lowest BCUT2D eigenvalue weighted by atomic mass is 10.3. The fourth-order valence-corrected chi connectivity index (χ4v) is 1.06. The first-order valence-electron chi connectivity index (χ1n) is 4.20. The molecule has 0 aliphatic heterocycles. The Morgan fingerprint density at radius 1 is 1.64 bits per heavy atom. The van der Waals surface area contributed by atoms with Crippen molar-refractivity contribution < 1.29 is 9.90 Å². The second kappa shape index (κ2) is 4.41. The van der Waals surface area contributed by atoms with Gasteiger partial charge in [0.05, 0.1) is 0 Å². The van der Waals surface area contributed by atoms with Gasteiger partial charge in [-0.15, -0.1) is 0 Å². The van der Waals surface area contributed by atoms with Crippen molar-refractivity contribution >= 4 is 5.97 Å². The monoisotopic (exact) mass is 193 g/mol. The predicted octanol–water partition coefficient (Wildman–Crippen LogP) is 1.12. The average molecular weight is 193 g/mol. The maximum absolute atomic E-state index is 11.5. The molecule has 1 aromatic rings. The average Bonchev–Trinajstić information content (AvgIpc) is 2.16. The lowest BCUT2D eigenvalue weighted by Crippen LogP contribution is -2.25. The summed E-state index contributed by atoms with van der Waals surface area (Å²) in [6.45, 7) is 2.24. The number of rotatable bonds is 3. The molecule has 1 rings (SSSR count). The van der Waals surface area contributed by atoms with Crippen LogP contribution in [0.3, 0.4) is 0 Å². The zero-order valence-electron chi connectivity index (χ0n) is 7.80. The topological polar surface area (TPSA) is 59.3 Å². The number of hydrogen-bond acceptors (Lipinski definition) is 2. The number of aromatic nitrogens is 1. The summed E-state index contributed by atoms with van der Waals surface area (Å²) in [6.07, 6.45) is 5.15. The third-order valence-electron chi connectivity index (χ3n) is 1.79. The van der Waals surface area contributed by atoms with Crippen LogP contribution in [0.1, 0.15) is 17.3 Å². The van der Waals surface area contributed by atoms with E-state index >= 15 is 0 Å². The van der Waals surface area contributed by atoms with Gasteiger partial charge in [0, 0.05) is 12.7 Å². The van der Waals surface area contributed by atoms with Gasteiger partial charge in [0.25, 0.3) is 5.56 Å². The van der Waals surface area contributed by atoms with E-state index in [9.17, 15) is 9.59 Å². The van der Waals surface area contributed by atoms with Crippen LogP contribution in [0.4, 0.5) is 0 Å². The van der Waals surface area contributed by atoms with Gasteiger partial charge in [-0.2, -0.15) is 0 Å². The summed E-state index contributed by atoms with van der Waals surface area (Å²) in [7, 11) is 0. The summed E-state index contributed by atoms with van der Waals surface area (Å²) >= 11 is 0. The van der Waals surface area contributed by atoms with Crippen LogP contribution in [0.5, 0.6) is 0 Å². The second-order valence-corrected chi connectivity index (χ2v) is 2.75. The molecule has 0 saturated heterocycles. The van der Waals surface area contributed by atoms with E-state index < -0.39 is 11.5 Å². The second-order valence-electron chi connectivity index (χ2n) is 2.75. The van der Waals surface area contributed by atoms with Crippen molar-refractivity contribution in [2.24, 2.45) is 0 Å². The maximum Gasteiger partial charge on any atom is 0.341 e. The quantitative estimate of drug-likeness (QED) is 0.732. The summed E-state index contributed by atoms with van der Waals surface area (Å²) in [5, 5.41) is 8.68. The van der Waals surface area contributed by atoms with Crippen LogP contribution in [0.15, 0.2) is 35.3 Å². The molecule has 14 heavy (non-hydrogen) atoms. The van der Waals surface area contributed by atoms with Crippen LogP contribution in [0.25, 0.3) is 0 Å². The number of nitrogens with zero attached hydrogens (tertiary/aromatic N) is 1. The van der Waals surface area contributed by atoms with Crippen molar-refractivity contribution in [1.82, 2.24) is 4.57 Å². The van der Waals surface area contributed by atoms with Crippen LogP contribution in [-0.2, 0) is 6.54 Å². The summed E-state index contributed by atoms with van der Waals surface area (Å²) in [5.41, 5.74) is -0.671. The molecule has 0 bridgehead atoms. The highest BCUT2D eigenvalue weighted by Crippen LogP contribution is 1.92. The Morgan fingerprint density at radius 2 is 2.36 bits per heavy atom. The highest BCUT2D eigenvalue weighted by molar-refractivity contribution is 5.86. The zero-order chi connectivity index (χ0) is 10.6. The highest BCUT2D eigenvalue weighted by Gasteiger charge is 2.08. The van der Waals surface area contributed by atoms with Crippen LogP contribution >= 0.6 is 0 Å². The lowest BCUT2D eigenvalue weighted by molar-refractivity contribution is 0.0694. The molecule has 1 heterocycles. The minimum Gasteiger partial charge on any atom is -0.477 e. The van der Waals surface area contributed by atoms with Crippen LogP contribution < -0.4 is 5.56 Å². The number of aromatic carboxylic acids is 1. The lowest BCUT2D eigenvalue weighted by Gasteiger charge is -2.01. The Morgan fingerprint density at radius 3 is 2.93 bits per heavy atom. The van der Waals surface area contributed by atoms with E-state index in [-0.39, 0.29) is 5.56 Å². The Balaban J connectivity index is 3.14. The molecule has 0 radical (unpaired) electrons. The molecule has 0 aromatic carbocycles. The van der Waals surface area contributed by atoms with Gasteiger partial charge in [-0.05, 0) is 19.1 Å². The molecule has 0 aliphatic carbocycles. The van der Waals surface area contributed by atoms with E-state index in [0.29, 0.717) is 6.54 Å². The largest absolute Gasteiger partial charge is 0.477 e. The van der Waals surface area contributed by atoms with Crippen molar-refractivity contribution in [2.45, 2.75) is 13.5 Å². The van der Waals surface area contributed by atoms with Crippen molar-refractivity contribution in [3.63, 3.8) is 0 Å². The van der Waals surface area contributed by atoms with Crippen molar-refractivity contribution in [3.8, 4) is 0 Å². The fraction of sp³-hybridized carbons (Fsp3) is 0.200. The smallest absolute Gasteiger partial charge is 0.341 e. The number of carboxylic acids is 1. The first-order valence-corrected chi connectivity index (χ1v) is 4.20. The van der Waals surface area contributed by atoms with E-state index in [4.69, 9.17) is 5.11 Å². The SMILES string of the molecule is CC=CCn1cccc(C(=O)O)c1=O. The van der Waals surface area contributed by atoms with Gasteiger partial charge >= 0.3 is 5.97 Å². The third kappa shape index (κ3) is 2.10. The molecular weight excluding hydrogens is 182 g/mol. The van der Waals surface area contributed by atoms with Gasteiger partial charge in [0.15, 0.2) is 0 Å². The summed E-state index contributed by atoms with van der Waals surface area (Å²) in [4.78, 5) is 22.1. The number of allylic oxidation sites excluding steroid dienone is 2. The highest BCUT2D eigenvalue weighted by atomic mass is 16.4. The summed E-state index contributed by atoms with van der Waals surface area (Å²) in [5.74, 6) is -1.19. The number of hydrogen-bond donors (Lipinski definition) is 1. The van der Waals surface area contributed by atoms with E-state index in [0.717, 1.165) is 0 Å². The number of carboxylic acid groups (broad SMARTS) is 1. The minimum atomic E-state index is -1.19. The summed E-state index contributed by atoms with van der Waals surface area (Å²) < 4.78 is 1.35. The molecule has 0 spiro atoms. The van der Waals surface area contributed by atoms with Crippen molar-refractivity contribution in [1.29, 1.82) is 0 Å².